The van der Waals surface area contributed by atoms with Crippen molar-refractivity contribution in [3.8, 4) is 0 Å². The van der Waals surface area contributed by atoms with Crippen LogP contribution >= 0.6 is 0 Å². The number of nitrogens with two attached hydrogens (primary N) is 1. The second-order valence-corrected chi connectivity index (χ2v) is 7.27. The molecule has 1 amide bonds. The highest BCUT2D eigenvalue weighted by atomic mass is 16.1. The number of anilines is 1. The second-order valence-electron chi connectivity index (χ2n) is 7.27. The van der Waals surface area contributed by atoms with E-state index in [0.29, 0.717) is 6.54 Å². The molecule has 0 aliphatic rings. The van der Waals surface area contributed by atoms with Crippen molar-refractivity contribution in [3.63, 3.8) is 0 Å². The van der Waals surface area contributed by atoms with Gasteiger partial charge in [-0.05, 0) is 39.5 Å². The van der Waals surface area contributed by atoms with Gasteiger partial charge in [0, 0.05) is 12.6 Å². The Morgan fingerprint density at radius 2 is 1.90 bits per heavy atom. The molecule has 0 spiro atoms. The van der Waals surface area contributed by atoms with Crippen molar-refractivity contribution >= 4 is 11.6 Å². The first kappa shape index (κ1) is 17.7. The fourth-order valence-electron chi connectivity index (χ4n) is 2.59. The third-order valence-corrected chi connectivity index (χ3v) is 3.58. The maximum atomic E-state index is 12.5. The summed E-state index contributed by atoms with van der Waals surface area (Å²) in [4.78, 5) is 12.5. The van der Waals surface area contributed by atoms with Gasteiger partial charge in [-0.1, -0.05) is 20.8 Å². The minimum atomic E-state index is -0.175. The molecule has 1 aromatic heterocycles. The van der Waals surface area contributed by atoms with E-state index in [2.05, 4.69) is 45.0 Å². The van der Waals surface area contributed by atoms with Crippen LogP contribution in [0, 0.1) is 25.2 Å². The van der Waals surface area contributed by atoms with Crippen LogP contribution in [0.5, 0.6) is 0 Å². The molecule has 0 saturated heterocycles. The summed E-state index contributed by atoms with van der Waals surface area (Å²) in [6, 6.07) is 0.272. The van der Waals surface area contributed by atoms with E-state index in [0.717, 1.165) is 23.5 Å². The molecular formula is C16H30N4O. The Balaban J connectivity index is 2.92. The van der Waals surface area contributed by atoms with Crippen molar-refractivity contribution in [2.24, 2.45) is 17.1 Å². The van der Waals surface area contributed by atoms with Gasteiger partial charge in [-0.3, -0.25) is 9.48 Å². The molecule has 0 aromatic carbocycles. The smallest absolute Gasteiger partial charge is 0.228 e. The Labute approximate surface area is 128 Å². The average Bonchev–Trinajstić information content (AvgIpc) is 2.62. The highest BCUT2D eigenvalue weighted by Gasteiger charge is 2.25. The summed E-state index contributed by atoms with van der Waals surface area (Å²) in [7, 11) is 0. The highest BCUT2D eigenvalue weighted by Crippen LogP contribution is 2.27. The van der Waals surface area contributed by atoms with E-state index in [1.54, 1.807) is 0 Å². The van der Waals surface area contributed by atoms with Crippen LogP contribution in [-0.2, 0) is 4.79 Å². The summed E-state index contributed by atoms with van der Waals surface area (Å²) in [5, 5.41) is 7.52. The van der Waals surface area contributed by atoms with Gasteiger partial charge < -0.3 is 11.1 Å². The van der Waals surface area contributed by atoms with Crippen LogP contribution in [0.4, 0.5) is 5.69 Å². The fraction of sp³-hybridized carbons (Fsp3) is 0.750. The third-order valence-electron chi connectivity index (χ3n) is 3.58. The van der Waals surface area contributed by atoms with Crippen molar-refractivity contribution < 1.29 is 4.79 Å². The summed E-state index contributed by atoms with van der Waals surface area (Å²) in [6.45, 7) is 14.8. The number of carbonyl (C=O) groups is 1. The monoisotopic (exact) mass is 294 g/mol. The molecule has 0 saturated carbocycles. The van der Waals surface area contributed by atoms with Gasteiger partial charge in [-0.25, -0.2) is 0 Å². The Hall–Kier alpha value is -1.36. The molecule has 0 bridgehead atoms. The maximum Gasteiger partial charge on any atom is 0.228 e. The minimum absolute atomic E-state index is 0.0121. The lowest BCUT2D eigenvalue weighted by Gasteiger charge is -2.24. The average molecular weight is 294 g/mol. The molecule has 1 aromatic rings. The van der Waals surface area contributed by atoms with Crippen LogP contribution in [0.3, 0.4) is 0 Å². The summed E-state index contributed by atoms with van der Waals surface area (Å²) in [6.07, 6.45) is 0.770. The molecule has 0 radical (unpaired) electrons. The molecule has 3 N–H and O–H groups in total. The largest absolute Gasteiger partial charge is 0.330 e. The van der Waals surface area contributed by atoms with Gasteiger partial charge in [0.25, 0.3) is 0 Å². The maximum absolute atomic E-state index is 12.5. The lowest BCUT2D eigenvalue weighted by atomic mass is 9.84. The quantitative estimate of drug-likeness (QED) is 0.876. The molecule has 1 atom stereocenters. The summed E-state index contributed by atoms with van der Waals surface area (Å²) in [5.74, 6) is -0.187. The molecule has 5 nitrogen and oxygen atoms in total. The van der Waals surface area contributed by atoms with Gasteiger partial charge in [0.1, 0.15) is 0 Å². The molecule has 120 valence electrons. The number of aromatic nitrogens is 2. The first-order valence-corrected chi connectivity index (χ1v) is 7.63. The van der Waals surface area contributed by atoms with Gasteiger partial charge in [0.2, 0.25) is 5.91 Å². The Bertz CT molecular complexity index is 497. The molecule has 1 rings (SSSR count). The van der Waals surface area contributed by atoms with Crippen molar-refractivity contribution in [2.75, 3.05) is 11.9 Å². The predicted octanol–water partition coefficient (Wildman–Crippen LogP) is 3.03. The van der Waals surface area contributed by atoms with Gasteiger partial charge in [-0.15, -0.1) is 0 Å². The lowest BCUT2D eigenvalue weighted by Crippen LogP contribution is -2.32. The van der Waals surface area contributed by atoms with E-state index >= 15 is 0 Å². The standard InChI is InChI=1S/C16H30N4O/c1-10(2)20-12(4)14(11(3)19-20)18-15(21)13(9-17)8-16(5,6)7/h10,13H,8-9,17H2,1-7H3,(H,18,21). The SMILES string of the molecule is Cc1nn(C(C)C)c(C)c1NC(=O)C(CN)CC(C)(C)C. The van der Waals surface area contributed by atoms with E-state index in [-0.39, 0.29) is 23.3 Å². The van der Waals surface area contributed by atoms with E-state index in [1.165, 1.54) is 0 Å². The van der Waals surface area contributed by atoms with Gasteiger partial charge in [0.05, 0.1) is 23.0 Å². The van der Waals surface area contributed by atoms with Crippen molar-refractivity contribution in [1.29, 1.82) is 0 Å². The highest BCUT2D eigenvalue weighted by molar-refractivity contribution is 5.93. The van der Waals surface area contributed by atoms with Crippen LogP contribution in [0.2, 0.25) is 0 Å². The number of rotatable bonds is 5. The molecule has 1 heterocycles. The second kappa shape index (κ2) is 6.60. The van der Waals surface area contributed by atoms with Crippen LogP contribution < -0.4 is 11.1 Å². The first-order chi connectivity index (χ1) is 9.56. The number of amides is 1. The Kier molecular flexibility index (Phi) is 5.56. The molecular weight excluding hydrogens is 264 g/mol. The Morgan fingerprint density at radius 3 is 2.29 bits per heavy atom. The van der Waals surface area contributed by atoms with E-state index < -0.39 is 0 Å². The zero-order valence-corrected chi connectivity index (χ0v) is 14.4. The summed E-state index contributed by atoms with van der Waals surface area (Å²) >= 11 is 0. The van der Waals surface area contributed by atoms with Crippen LogP contribution in [0.1, 0.15) is 58.5 Å². The van der Waals surface area contributed by atoms with Crippen LogP contribution in [-0.4, -0.2) is 22.2 Å². The first-order valence-electron chi connectivity index (χ1n) is 7.63. The molecule has 5 heteroatoms. The van der Waals surface area contributed by atoms with Crippen LogP contribution in [0.15, 0.2) is 0 Å². The topological polar surface area (TPSA) is 72.9 Å². The van der Waals surface area contributed by atoms with Crippen molar-refractivity contribution in [1.82, 2.24) is 9.78 Å². The number of hydrogen-bond acceptors (Lipinski definition) is 3. The third kappa shape index (κ3) is 4.56. The van der Waals surface area contributed by atoms with Gasteiger partial charge in [0.15, 0.2) is 0 Å². The zero-order valence-electron chi connectivity index (χ0n) is 14.4. The van der Waals surface area contributed by atoms with Crippen molar-refractivity contribution in [2.45, 2.75) is 60.9 Å². The normalized spacial score (nSPS) is 13.6. The summed E-state index contributed by atoms with van der Waals surface area (Å²) in [5.41, 5.74) is 8.52. The summed E-state index contributed by atoms with van der Waals surface area (Å²) < 4.78 is 1.94. The number of nitrogens with zero attached hydrogens (tertiary/aromatic N) is 2. The van der Waals surface area contributed by atoms with E-state index in [1.807, 2.05) is 18.5 Å². The van der Waals surface area contributed by atoms with E-state index in [4.69, 9.17) is 5.73 Å². The lowest BCUT2D eigenvalue weighted by molar-refractivity contribution is -0.120. The molecule has 0 aliphatic heterocycles. The molecule has 21 heavy (non-hydrogen) atoms. The molecule has 0 aliphatic carbocycles. The number of aryl methyl sites for hydroxylation is 1. The molecule has 0 fully saturated rings. The van der Waals surface area contributed by atoms with Crippen molar-refractivity contribution in [3.05, 3.63) is 11.4 Å². The zero-order chi connectivity index (χ0) is 16.4. The number of nitrogens with one attached hydrogen (secondary N) is 1. The Morgan fingerprint density at radius 1 is 1.33 bits per heavy atom. The van der Waals surface area contributed by atoms with E-state index in [9.17, 15) is 4.79 Å². The fourth-order valence-corrected chi connectivity index (χ4v) is 2.59. The van der Waals surface area contributed by atoms with Crippen LogP contribution in [0.25, 0.3) is 0 Å². The van der Waals surface area contributed by atoms with Gasteiger partial charge >= 0.3 is 0 Å². The number of carbonyl (C=O) groups excluding carboxylic acids is 1. The van der Waals surface area contributed by atoms with Gasteiger partial charge in [-0.2, -0.15) is 5.10 Å². The number of hydrogen-bond donors (Lipinski definition) is 2. The minimum Gasteiger partial charge on any atom is -0.330 e. The predicted molar refractivity (Wildman–Crippen MR) is 87.3 cm³/mol. The molecule has 1 unspecified atom stereocenters.